The fraction of sp³-hybridized carbons (Fsp3) is 0.429. The molecule has 3 unspecified atom stereocenters. The summed E-state index contributed by atoms with van der Waals surface area (Å²) in [6.45, 7) is 10.7. The number of quaternary nitrogens is 1. The van der Waals surface area contributed by atoms with Gasteiger partial charge in [-0.1, -0.05) is 32.9 Å². The average molecular weight is 476 g/mol. The third kappa shape index (κ3) is 3.46. The van der Waals surface area contributed by atoms with Crippen molar-refractivity contribution in [3.63, 3.8) is 0 Å². The van der Waals surface area contributed by atoms with E-state index in [0.717, 1.165) is 22.3 Å². The Morgan fingerprint density at radius 2 is 1.97 bits per heavy atom. The van der Waals surface area contributed by atoms with E-state index in [9.17, 15) is 9.90 Å². The van der Waals surface area contributed by atoms with E-state index in [4.69, 9.17) is 9.40 Å². The number of phenols is 1. The fourth-order valence-electron chi connectivity index (χ4n) is 6.99. The highest BCUT2D eigenvalue weighted by atomic mass is 32.1. The summed E-state index contributed by atoms with van der Waals surface area (Å²) in [5.74, 6) is 0.757. The monoisotopic (exact) mass is 475 g/mol. The summed E-state index contributed by atoms with van der Waals surface area (Å²) in [4.78, 5) is 19.9. The van der Waals surface area contributed by atoms with Gasteiger partial charge in [0.05, 0.1) is 39.3 Å². The van der Waals surface area contributed by atoms with Crippen LogP contribution in [-0.4, -0.2) is 22.7 Å². The summed E-state index contributed by atoms with van der Waals surface area (Å²) in [6.07, 6.45) is 3.65. The van der Waals surface area contributed by atoms with E-state index < -0.39 is 0 Å². The van der Waals surface area contributed by atoms with Crippen LogP contribution in [0.3, 0.4) is 0 Å². The van der Waals surface area contributed by atoms with E-state index in [1.165, 1.54) is 35.5 Å². The van der Waals surface area contributed by atoms with Crippen molar-refractivity contribution in [1.82, 2.24) is 4.98 Å². The van der Waals surface area contributed by atoms with Crippen molar-refractivity contribution in [3.05, 3.63) is 57.9 Å². The predicted molar refractivity (Wildman–Crippen MR) is 137 cm³/mol. The molecule has 2 bridgehead atoms. The van der Waals surface area contributed by atoms with Crippen molar-refractivity contribution >= 4 is 32.5 Å². The second-order valence-corrected chi connectivity index (χ2v) is 12.6. The zero-order valence-corrected chi connectivity index (χ0v) is 21.0. The zero-order chi connectivity index (χ0) is 23.8. The van der Waals surface area contributed by atoms with E-state index in [2.05, 4.69) is 20.8 Å². The molecule has 1 saturated heterocycles. The molecule has 2 aromatic heterocycles. The maximum atomic E-state index is 13.7. The minimum atomic E-state index is -0.0812. The van der Waals surface area contributed by atoms with Gasteiger partial charge in [-0.2, -0.15) is 0 Å². The number of nitrogens with one attached hydrogen (secondary N) is 1. The molecular weight excluding hydrogens is 444 g/mol. The average Bonchev–Trinajstić information content (AvgIpc) is 3.27. The molecule has 3 atom stereocenters. The molecule has 1 saturated carbocycles. The second kappa shape index (κ2) is 7.40. The first kappa shape index (κ1) is 21.8. The summed E-state index contributed by atoms with van der Waals surface area (Å²) in [5, 5.41) is 12.0. The van der Waals surface area contributed by atoms with Crippen molar-refractivity contribution < 1.29 is 14.4 Å². The van der Waals surface area contributed by atoms with Crippen LogP contribution in [-0.2, 0) is 6.54 Å². The van der Waals surface area contributed by atoms with Gasteiger partial charge in [-0.05, 0) is 43.0 Å². The molecule has 0 radical (unpaired) electrons. The lowest BCUT2D eigenvalue weighted by molar-refractivity contribution is -0.928. The Bertz CT molecular complexity index is 1470. The van der Waals surface area contributed by atoms with E-state index >= 15 is 0 Å². The first-order valence-corrected chi connectivity index (χ1v) is 12.9. The largest absolute Gasteiger partial charge is 0.507 e. The van der Waals surface area contributed by atoms with Crippen molar-refractivity contribution in [2.45, 2.75) is 59.5 Å². The number of phenolic OH excluding ortho intramolecular Hbond substituents is 1. The molecule has 3 heterocycles. The van der Waals surface area contributed by atoms with Gasteiger partial charge in [-0.25, -0.2) is 4.98 Å². The molecule has 5 nitrogen and oxygen atoms in total. The Morgan fingerprint density at radius 3 is 2.76 bits per heavy atom. The van der Waals surface area contributed by atoms with E-state index in [1.807, 2.05) is 31.2 Å². The number of benzene rings is 2. The first-order chi connectivity index (χ1) is 16.1. The SMILES string of the molecule is Cc1oc2c(C[NH+]3CC4(C)CC3CC(C)(C)C4)c(O)ccc2c(=O)c1-c1nc2ccccc2s1. The number of para-hydroxylation sites is 1. The van der Waals surface area contributed by atoms with Gasteiger partial charge in [0.2, 0.25) is 5.43 Å². The van der Waals surface area contributed by atoms with Crippen LogP contribution < -0.4 is 10.3 Å². The minimum absolute atomic E-state index is 0.0812. The molecule has 34 heavy (non-hydrogen) atoms. The number of fused-ring (bicyclic) bond motifs is 4. The number of nitrogens with zero attached hydrogens (tertiary/aromatic N) is 1. The highest BCUT2D eigenvalue weighted by Crippen LogP contribution is 2.47. The van der Waals surface area contributed by atoms with Gasteiger partial charge in [-0.15, -0.1) is 11.3 Å². The molecule has 2 aliphatic rings. The topological polar surface area (TPSA) is 67.8 Å². The number of aryl methyl sites for hydroxylation is 1. The normalized spacial score (nSPS) is 25.9. The minimum Gasteiger partial charge on any atom is -0.507 e. The number of thiazole rings is 1. The molecule has 1 aliphatic heterocycles. The summed E-state index contributed by atoms with van der Waals surface area (Å²) >= 11 is 1.51. The lowest BCUT2D eigenvalue weighted by Crippen LogP contribution is -3.12. The van der Waals surface area contributed by atoms with Crippen LogP contribution in [0.4, 0.5) is 0 Å². The Labute approximate surface area is 203 Å². The molecule has 2 fully saturated rings. The van der Waals surface area contributed by atoms with Crippen LogP contribution in [0.15, 0.2) is 45.6 Å². The van der Waals surface area contributed by atoms with Crippen LogP contribution in [0.25, 0.3) is 31.8 Å². The summed E-state index contributed by atoms with van der Waals surface area (Å²) < 4.78 is 7.36. The first-order valence-electron chi connectivity index (χ1n) is 12.1. The standard InChI is InChI=1S/C28H30N2O3S/c1-16-23(26-29-20-7-5-6-8-22(20)34-26)24(32)18-9-10-21(31)19(25(18)33-16)13-30-15-28(4)12-17(30)11-27(2,3)14-28/h5-10,17,31H,11-15H2,1-4H3/p+1. The van der Waals surface area contributed by atoms with Gasteiger partial charge in [-0.3, -0.25) is 4.79 Å². The van der Waals surface area contributed by atoms with E-state index in [-0.39, 0.29) is 11.2 Å². The lowest BCUT2D eigenvalue weighted by Gasteiger charge is -2.37. The zero-order valence-electron chi connectivity index (χ0n) is 20.2. The van der Waals surface area contributed by atoms with Crippen molar-refractivity contribution in [2.75, 3.05) is 6.54 Å². The third-order valence-electron chi connectivity index (χ3n) is 7.90. The van der Waals surface area contributed by atoms with Gasteiger partial charge < -0.3 is 14.4 Å². The van der Waals surface area contributed by atoms with Crippen molar-refractivity contribution in [3.8, 4) is 16.3 Å². The van der Waals surface area contributed by atoms with Crippen LogP contribution in [0, 0.1) is 17.8 Å². The summed E-state index contributed by atoms with van der Waals surface area (Å²) in [7, 11) is 0. The van der Waals surface area contributed by atoms with Gasteiger partial charge in [0, 0.05) is 18.3 Å². The van der Waals surface area contributed by atoms with Gasteiger partial charge in [0.1, 0.15) is 23.1 Å². The molecule has 6 heteroatoms. The molecule has 1 aliphatic carbocycles. The van der Waals surface area contributed by atoms with Crippen LogP contribution in [0.2, 0.25) is 0 Å². The third-order valence-corrected chi connectivity index (χ3v) is 8.95. The number of aromatic nitrogens is 1. The highest BCUT2D eigenvalue weighted by Gasteiger charge is 2.52. The summed E-state index contributed by atoms with van der Waals surface area (Å²) in [5.41, 5.74) is 3.26. The van der Waals surface area contributed by atoms with E-state index in [0.29, 0.717) is 50.7 Å². The van der Waals surface area contributed by atoms with Gasteiger partial charge in [0.25, 0.3) is 0 Å². The molecule has 0 amide bonds. The van der Waals surface area contributed by atoms with Gasteiger partial charge >= 0.3 is 0 Å². The Balaban J connectivity index is 1.44. The molecule has 2 aromatic carbocycles. The molecule has 6 rings (SSSR count). The number of hydrogen-bond donors (Lipinski definition) is 2. The number of likely N-dealkylation sites (tertiary alicyclic amines) is 1. The fourth-order valence-corrected chi connectivity index (χ4v) is 8.05. The molecule has 176 valence electrons. The molecule has 0 spiro atoms. The smallest absolute Gasteiger partial charge is 0.203 e. The number of rotatable bonds is 3. The Kier molecular flexibility index (Phi) is 4.74. The summed E-state index contributed by atoms with van der Waals surface area (Å²) in [6, 6.07) is 11.8. The van der Waals surface area contributed by atoms with Crippen molar-refractivity contribution in [2.24, 2.45) is 10.8 Å². The van der Waals surface area contributed by atoms with Crippen LogP contribution in [0.5, 0.6) is 5.75 Å². The quantitative estimate of drug-likeness (QED) is 0.434. The maximum absolute atomic E-state index is 13.7. The number of aromatic hydroxyl groups is 1. The van der Waals surface area contributed by atoms with Crippen molar-refractivity contribution in [1.29, 1.82) is 0 Å². The lowest BCUT2D eigenvalue weighted by atomic mass is 9.65. The highest BCUT2D eigenvalue weighted by molar-refractivity contribution is 7.21. The second-order valence-electron chi connectivity index (χ2n) is 11.6. The predicted octanol–water partition coefficient (Wildman–Crippen LogP) is 5.07. The Hall–Kier alpha value is -2.70. The van der Waals surface area contributed by atoms with Gasteiger partial charge in [0.15, 0.2) is 5.58 Å². The molecular formula is C28H31N2O3S+. The molecule has 4 aromatic rings. The molecule has 2 N–H and O–H groups in total. The van der Waals surface area contributed by atoms with Crippen LogP contribution in [0.1, 0.15) is 51.4 Å². The maximum Gasteiger partial charge on any atom is 0.203 e. The van der Waals surface area contributed by atoms with E-state index in [1.54, 1.807) is 12.1 Å². The number of hydrogen-bond acceptors (Lipinski definition) is 5. The Morgan fingerprint density at radius 1 is 1.18 bits per heavy atom. The van der Waals surface area contributed by atoms with Crippen LogP contribution >= 0.6 is 11.3 Å².